The Kier molecular flexibility index (Phi) is 6.45. The van der Waals surface area contributed by atoms with E-state index in [1.165, 1.54) is 6.20 Å². The van der Waals surface area contributed by atoms with Gasteiger partial charge in [0.2, 0.25) is 0 Å². The fourth-order valence-corrected chi connectivity index (χ4v) is 3.25. The molecular formula is C25H23N5O3. The summed E-state index contributed by atoms with van der Waals surface area (Å²) in [6.07, 6.45) is 3.18. The average molecular weight is 441 g/mol. The number of benzene rings is 2. The third-order valence-corrected chi connectivity index (χ3v) is 4.95. The Balaban J connectivity index is 1.40. The fraction of sp³-hybridized carbons (Fsp3) is 0.120. The van der Waals surface area contributed by atoms with Crippen molar-refractivity contribution < 1.29 is 14.3 Å². The second kappa shape index (κ2) is 9.78. The van der Waals surface area contributed by atoms with E-state index in [9.17, 15) is 9.59 Å². The molecule has 166 valence electrons. The van der Waals surface area contributed by atoms with Crippen molar-refractivity contribution in [3.8, 4) is 11.6 Å². The van der Waals surface area contributed by atoms with Crippen LogP contribution in [0.15, 0.2) is 79.1 Å². The van der Waals surface area contributed by atoms with E-state index in [4.69, 9.17) is 4.74 Å². The van der Waals surface area contributed by atoms with Gasteiger partial charge in [0.1, 0.15) is 5.75 Å². The van der Waals surface area contributed by atoms with Crippen molar-refractivity contribution in [1.82, 2.24) is 14.8 Å². The standard InChI is InChI=1S/C25H23N5O3/c1-3-33-21-13-11-20(12-14-21)28-24(31)18-7-9-19(10-8-18)29-25(32)22-16-27-30(17(22)2)23-6-4-5-15-26-23/h4-16H,3H2,1-2H3,(H,28,31)(H,29,32). The van der Waals surface area contributed by atoms with Crippen LogP contribution in [0.1, 0.15) is 33.3 Å². The maximum absolute atomic E-state index is 12.7. The molecule has 2 heterocycles. The number of hydrogen-bond acceptors (Lipinski definition) is 5. The SMILES string of the molecule is CCOc1ccc(NC(=O)c2ccc(NC(=O)c3cnn(-c4ccccn4)c3C)cc2)cc1. The molecule has 2 amide bonds. The van der Waals surface area contributed by atoms with Crippen LogP contribution in [0, 0.1) is 6.92 Å². The highest BCUT2D eigenvalue weighted by atomic mass is 16.5. The lowest BCUT2D eigenvalue weighted by Crippen LogP contribution is -2.14. The molecule has 0 aliphatic rings. The Morgan fingerprint density at radius 2 is 1.58 bits per heavy atom. The average Bonchev–Trinajstić information content (AvgIpc) is 3.23. The van der Waals surface area contributed by atoms with Gasteiger partial charge in [-0.1, -0.05) is 6.07 Å². The van der Waals surface area contributed by atoms with E-state index in [1.54, 1.807) is 59.4 Å². The number of nitrogens with zero attached hydrogens (tertiary/aromatic N) is 3. The zero-order chi connectivity index (χ0) is 23.2. The molecule has 0 saturated heterocycles. The molecule has 0 aliphatic heterocycles. The van der Waals surface area contributed by atoms with Crippen LogP contribution in [0.3, 0.4) is 0 Å². The number of rotatable bonds is 7. The molecule has 0 fully saturated rings. The number of carbonyl (C=O) groups excluding carboxylic acids is 2. The molecule has 2 aromatic carbocycles. The van der Waals surface area contributed by atoms with Crippen molar-refractivity contribution in [2.24, 2.45) is 0 Å². The van der Waals surface area contributed by atoms with Gasteiger partial charge in [-0.3, -0.25) is 9.59 Å². The number of hydrogen-bond donors (Lipinski definition) is 2. The molecule has 0 bridgehead atoms. The van der Waals surface area contributed by atoms with Crippen molar-refractivity contribution >= 4 is 23.2 Å². The lowest BCUT2D eigenvalue weighted by Gasteiger charge is -2.09. The number of ether oxygens (including phenoxy) is 1. The first-order valence-corrected chi connectivity index (χ1v) is 10.5. The molecule has 8 heteroatoms. The number of nitrogens with one attached hydrogen (secondary N) is 2. The van der Waals surface area contributed by atoms with Crippen LogP contribution in [0.4, 0.5) is 11.4 Å². The third-order valence-electron chi connectivity index (χ3n) is 4.95. The van der Waals surface area contributed by atoms with E-state index in [1.807, 2.05) is 32.0 Å². The van der Waals surface area contributed by atoms with Crippen LogP contribution in [-0.4, -0.2) is 33.2 Å². The molecule has 0 atom stereocenters. The summed E-state index contributed by atoms with van der Waals surface area (Å²) in [5.74, 6) is 0.846. The smallest absolute Gasteiger partial charge is 0.259 e. The largest absolute Gasteiger partial charge is 0.494 e. The molecule has 4 aromatic rings. The van der Waals surface area contributed by atoms with Crippen LogP contribution in [0.5, 0.6) is 5.75 Å². The first-order valence-electron chi connectivity index (χ1n) is 10.5. The maximum Gasteiger partial charge on any atom is 0.259 e. The minimum absolute atomic E-state index is 0.246. The van der Waals surface area contributed by atoms with Crippen molar-refractivity contribution in [3.63, 3.8) is 0 Å². The van der Waals surface area contributed by atoms with Gasteiger partial charge in [0.25, 0.3) is 11.8 Å². The Hall–Kier alpha value is -4.46. The van der Waals surface area contributed by atoms with E-state index in [0.717, 1.165) is 5.75 Å². The molecule has 33 heavy (non-hydrogen) atoms. The van der Waals surface area contributed by atoms with Crippen molar-refractivity contribution in [3.05, 3.63) is 95.9 Å². The summed E-state index contributed by atoms with van der Waals surface area (Å²) in [4.78, 5) is 29.5. The van der Waals surface area contributed by atoms with Crippen LogP contribution in [-0.2, 0) is 0 Å². The van der Waals surface area contributed by atoms with Crippen LogP contribution in [0.25, 0.3) is 5.82 Å². The first kappa shape index (κ1) is 21.8. The summed E-state index contributed by atoms with van der Waals surface area (Å²) < 4.78 is 7.02. The number of amides is 2. The van der Waals surface area contributed by atoms with Gasteiger partial charge in [-0.05, 0) is 74.5 Å². The molecule has 2 aromatic heterocycles. The topological polar surface area (TPSA) is 98.1 Å². The molecule has 4 rings (SSSR count). The summed E-state index contributed by atoms with van der Waals surface area (Å²) in [6.45, 7) is 4.31. The Bertz CT molecular complexity index is 1250. The quantitative estimate of drug-likeness (QED) is 0.441. The van der Waals surface area contributed by atoms with Gasteiger partial charge in [0.05, 0.1) is 24.1 Å². The van der Waals surface area contributed by atoms with Gasteiger partial charge >= 0.3 is 0 Å². The van der Waals surface area contributed by atoms with Crippen molar-refractivity contribution in [2.45, 2.75) is 13.8 Å². The molecule has 0 radical (unpaired) electrons. The first-order chi connectivity index (χ1) is 16.0. The minimum atomic E-state index is -0.290. The normalized spacial score (nSPS) is 10.5. The zero-order valence-corrected chi connectivity index (χ0v) is 18.3. The van der Waals surface area contributed by atoms with E-state index in [0.29, 0.717) is 40.6 Å². The summed E-state index contributed by atoms with van der Waals surface area (Å²) in [7, 11) is 0. The Morgan fingerprint density at radius 3 is 2.21 bits per heavy atom. The molecule has 0 aliphatic carbocycles. The second-order valence-corrected chi connectivity index (χ2v) is 7.19. The van der Waals surface area contributed by atoms with Crippen LogP contribution < -0.4 is 15.4 Å². The third kappa shape index (κ3) is 5.07. The van der Waals surface area contributed by atoms with E-state index < -0.39 is 0 Å². The van der Waals surface area contributed by atoms with Gasteiger partial charge in [0, 0.05) is 23.1 Å². The monoisotopic (exact) mass is 441 g/mol. The minimum Gasteiger partial charge on any atom is -0.494 e. The molecule has 0 unspecified atom stereocenters. The number of carbonyl (C=O) groups is 2. The molecule has 8 nitrogen and oxygen atoms in total. The summed E-state index contributed by atoms with van der Waals surface area (Å²) >= 11 is 0. The number of pyridine rings is 1. The predicted molar refractivity (Wildman–Crippen MR) is 126 cm³/mol. The number of anilines is 2. The fourth-order valence-electron chi connectivity index (χ4n) is 3.25. The van der Waals surface area contributed by atoms with E-state index in [-0.39, 0.29) is 11.8 Å². The summed E-state index contributed by atoms with van der Waals surface area (Å²) in [6, 6.07) is 19.3. The Labute approximate surface area is 191 Å². The Morgan fingerprint density at radius 1 is 0.909 bits per heavy atom. The maximum atomic E-state index is 12.7. The molecule has 2 N–H and O–H groups in total. The summed E-state index contributed by atoms with van der Waals surface area (Å²) in [5.41, 5.74) is 2.83. The molecule has 0 spiro atoms. The highest BCUT2D eigenvalue weighted by Gasteiger charge is 2.16. The van der Waals surface area contributed by atoms with Gasteiger partial charge in [0.15, 0.2) is 5.82 Å². The van der Waals surface area contributed by atoms with E-state index in [2.05, 4.69) is 20.7 Å². The predicted octanol–water partition coefficient (Wildman–Crippen LogP) is 4.48. The van der Waals surface area contributed by atoms with Crippen molar-refractivity contribution in [1.29, 1.82) is 0 Å². The van der Waals surface area contributed by atoms with Crippen LogP contribution in [0.2, 0.25) is 0 Å². The zero-order valence-electron chi connectivity index (χ0n) is 18.3. The van der Waals surface area contributed by atoms with Crippen molar-refractivity contribution in [2.75, 3.05) is 17.2 Å². The summed E-state index contributed by atoms with van der Waals surface area (Å²) in [5, 5.41) is 9.95. The molecule has 0 saturated carbocycles. The molecular weight excluding hydrogens is 418 g/mol. The lowest BCUT2D eigenvalue weighted by atomic mass is 10.1. The second-order valence-electron chi connectivity index (χ2n) is 7.19. The van der Waals surface area contributed by atoms with Gasteiger partial charge in [-0.2, -0.15) is 5.10 Å². The van der Waals surface area contributed by atoms with Gasteiger partial charge < -0.3 is 15.4 Å². The van der Waals surface area contributed by atoms with E-state index >= 15 is 0 Å². The highest BCUT2D eigenvalue weighted by molar-refractivity contribution is 6.06. The number of aromatic nitrogens is 3. The van der Waals surface area contributed by atoms with Gasteiger partial charge in [-0.15, -0.1) is 0 Å². The van der Waals surface area contributed by atoms with Crippen LogP contribution >= 0.6 is 0 Å². The lowest BCUT2D eigenvalue weighted by molar-refractivity contribution is 0.101. The highest BCUT2D eigenvalue weighted by Crippen LogP contribution is 2.18. The van der Waals surface area contributed by atoms with Gasteiger partial charge in [-0.25, -0.2) is 9.67 Å².